The Labute approximate surface area is 142 Å². The van der Waals surface area contributed by atoms with Crippen molar-refractivity contribution in [3.63, 3.8) is 0 Å². The molecule has 1 aromatic heterocycles. The molecule has 0 saturated carbocycles. The topological polar surface area (TPSA) is 67.2 Å². The van der Waals surface area contributed by atoms with Crippen molar-refractivity contribution in [3.8, 4) is 0 Å². The minimum atomic E-state index is -0.223. The van der Waals surface area contributed by atoms with Crippen LogP contribution in [0.2, 0.25) is 5.02 Å². The first-order valence-electron chi connectivity index (χ1n) is 7.09. The molecule has 1 aliphatic heterocycles. The van der Waals surface area contributed by atoms with Crippen LogP contribution in [0.15, 0.2) is 36.5 Å². The number of aromatic nitrogens is 2. The highest BCUT2D eigenvalue weighted by molar-refractivity contribution is 8.13. The average molecular weight is 351 g/mol. The maximum Gasteiger partial charge on any atom is 0.282 e. The molecule has 1 N–H and O–H groups in total. The van der Waals surface area contributed by atoms with Gasteiger partial charge in [-0.3, -0.25) is 9.59 Å². The zero-order valence-corrected chi connectivity index (χ0v) is 13.8. The Bertz CT molecular complexity index is 717. The van der Waals surface area contributed by atoms with E-state index in [4.69, 9.17) is 11.6 Å². The number of halogens is 1. The number of hydrogen-bond acceptors (Lipinski definition) is 4. The molecule has 120 valence electrons. The Morgan fingerprint density at radius 2 is 2.09 bits per heavy atom. The number of nitrogens with zero attached hydrogens (tertiary/aromatic N) is 3. The molecule has 0 bridgehead atoms. The highest BCUT2D eigenvalue weighted by Gasteiger charge is 2.23. The molecule has 2 heterocycles. The third-order valence-electron chi connectivity index (χ3n) is 3.41. The highest BCUT2D eigenvalue weighted by atomic mass is 35.5. The van der Waals surface area contributed by atoms with Gasteiger partial charge in [0.15, 0.2) is 0 Å². The predicted molar refractivity (Wildman–Crippen MR) is 90.8 cm³/mol. The summed E-state index contributed by atoms with van der Waals surface area (Å²) >= 11 is 7.11. The molecule has 2 aromatic rings. The van der Waals surface area contributed by atoms with E-state index in [-0.39, 0.29) is 17.7 Å². The number of amides is 2. The molecule has 2 amide bonds. The van der Waals surface area contributed by atoms with Crippen molar-refractivity contribution in [2.75, 3.05) is 24.2 Å². The normalized spacial score (nSPS) is 14.3. The van der Waals surface area contributed by atoms with Crippen molar-refractivity contribution < 1.29 is 9.59 Å². The van der Waals surface area contributed by atoms with E-state index in [9.17, 15) is 9.59 Å². The first-order valence-corrected chi connectivity index (χ1v) is 8.46. The van der Waals surface area contributed by atoms with Crippen molar-refractivity contribution in [1.29, 1.82) is 0 Å². The van der Waals surface area contributed by atoms with Crippen LogP contribution in [0.25, 0.3) is 0 Å². The molecule has 0 aliphatic carbocycles. The first kappa shape index (κ1) is 15.9. The fraction of sp³-hybridized carbons (Fsp3) is 0.267. The van der Waals surface area contributed by atoms with E-state index in [1.807, 2.05) is 24.3 Å². The second-order valence-corrected chi connectivity index (χ2v) is 6.57. The smallest absolute Gasteiger partial charge is 0.282 e. The van der Waals surface area contributed by atoms with E-state index in [0.717, 1.165) is 11.3 Å². The van der Waals surface area contributed by atoms with Crippen molar-refractivity contribution in [1.82, 2.24) is 14.7 Å². The largest absolute Gasteiger partial charge is 0.323 e. The molecule has 0 spiro atoms. The second kappa shape index (κ2) is 7.06. The Hall–Kier alpha value is -1.99. The number of hydrogen-bond donors (Lipinski definition) is 1. The summed E-state index contributed by atoms with van der Waals surface area (Å²) in [4.78, 5) is 25.2. The van der Waals surface area contributed by atoms with Crippen molar-refractivity contribution in [2.45, 2.75) is 6.54 Å². The SMILES string of the molecule is O=C(CN1CCSC1=O)Nc1ccnn1Cc1ccc(Cl)cc1. The van der Waals surface area contributed by atoms with Gasteiger partial charge >= 0.3 is 0 Å². The lowest BCUT2D eigenvalue weighted by molar-refractivity contribution is -0.116. The summed E-state index contributed by atoms with van der Waals surface area (Å²) < 4.78 is 1.70. The van der Waals surface area contributed by atoms with Crippen molar-refractivity contribution in [3.05, 3.63) is 47.1 Å². The molecule has 0 unspecified atom stereocenters. The van der Waals surface area contributed by atoms with Crippen molar-refractivity contribution >= 4 is 40.3 Å². The van der Waals surface area contributed by atoms with Crippen molar-refractivity contribution in [2.24, 2.45) is 0 Å². The first-order chi connectivity index (χ1) is 11.1. The van der Waals surface area contributed by atoms with Gasteiger partial charge in [-0.25, -0.2) is 4.68 Å². The predicted octanol–water partition coefficient (Wildman–Crippen LogP) is 2.69. The number of carbonyl (C=O) groups is 2. The second-order valence-electron chi connectivity index (χ2n) is 5.08. The molecule has 1 saturated heterocycles. The van der Waals surface area contributed by atoms with E-state index in [1.165, 1.54) is 11.8 Å². The van der Waals surface area contributed by atoms with Gasteiger partial charge in [-0.2, -0.15) is 5.10 Å². The van der Waals surface area contributed by atoms with Crippen LogP contribution in [0, 0.1) is 0 Å². The summed E-state index contributed by atoms with van der Waals surface area (Å²) in [5, 5.41) is 7.65. The van der Waals surface area contributed by atoms with Gasteiger partial charge in [-0.05, 0) is 17.7 Å². The minimum Gasteiger partial charge on any atom is -0.323 e. The number of rotatable bonds is 5. The maximum atomic E-state index is 12.1. The standard InChI is InChI=1S/C15H15ClN4O2S/c16-12-3-1-11(2-4-12)9-20-13(5-6-17-20)18-14(21)10-19-7-8-23-15(19)22/h1-6H,7-10H2,(H,18,21). The Kier molecular flexibility index (Phi) is 4.88. The summed E-state index contributed by atoms with van der Waals surface area (Å²) in [6, 6.07) is 9.18. The van der Waals surface area contributed by atoms with Crippen LogP contribution in [0.5, 0.6) is 0 Å². The van der Waals surface area contributed by atoms with Crippen LogP contribution >= 0.6 is 23.4 Å². The van der Waals surface area contributed by atoms with Gasteiger partial charge in [-0.15, -0.1) is 0 Å². The van der Waals surface area contributed by atoms with Crippen LogP contribution in [-0.2, 0) is 11.3 Å². The number of nitrogens with one attached hydrogen (secondary N) is 1. The van der Waals surface area contributed by atoms with Crippen LogP contribution in [0.1, 0.15) is 5.56 Å². The molecule has 6 nitrogen and oxygen atoms in total. The molecule has 1 aromatic carbocycles. The van der Waals surface area contributed by atoms with Gasteiger partial charge < -0.3 is 10.2 Å². The zero-order chi connectivity index (χ0) is 16.2. The number of carbonyl (C=O) groups excluding carboxylic acids is 2. The van der Waals surface area contributed by atoms with E-state index >= 15 is 0 Å². The van der Waals surface area contributed by atoms with Crippen LogP contribution < -0.4 is 5.32 Å². The van der Waals surface area contributed by atoms with Crippen LogP contribution in [0.3, 0.4) is 0 Å². The summed E-state index contributed by atoms with van der Waals surface area (Å²) in [5.41, 5.74) is 1.03. The summed E-state index contributed by atoms with van der Waals surface area (Å²) in [7, 11) is 0. The fourth-order valence-corrected chi connectivity index (χ4v) is 3.20. The van der Waals surface area contributed by atoms with Gasteiger partial charge in [0.25, 0.3) is 5.24 Å². The van der Waals surface area contributed by atoms with Gasteiger partial charge in [0.1, 0.15) is 12.4 Å². The molecule has 23 heavy (non-hydrogen) atoms. The third kappa shape index (κ3) is 4.05. The van der Waals surface area contributed by atoms with Gasteiger partial charge in [-0.1, -0.05) is 35.5 Å². The van der Waals surface area contributed by atoms with Gasteiger partial charge in [0.05, 0.1) is 12.7 Å². The van der Waals surface area contributed by atoms with Gasteiger partial charge in [0, 0.05) is 23.4 Å². The molecule has 1 fully saturated rings. The highest BCUT2D eigenvalue weighted by Crippen LogP contribution is 2.17. The van der Waals surface area contributed by atoms with Crippen LogP contribution in [-0.4, -0.2) is 44.7 Å². The van der Waals surface area contributed by atoms with E-state index in [0.29, 0.717) is 23.9 Å². The lowest BCUT2D eigenvalue weighted by Gasteiger charge is -2.14. The minimum absolute atomic E-state index is 0.0465. The number of anilines is 1. The quantitative estimate of drug-likeness (QED) is 0.900. The summed E-state index contributed by atoms with van der Waals surface area (Å²) in [6.45, 7) is 1.21. The fourth-order valence-electron chi connectivity index (χ4n) is 2.25. The molecule has 0 radical (unpaired) electrons. The van der Waals surface area contributed by atoms with E-state index in [1.54, 1.807) is 21.8 Å². The molecular formula is C15H15ClN4O2S. The third-order valence-corrected chi connectivity index (χ3v) is 4.55. The number of thioether (sulfide) groups is 1. The Balaban J connectivity index is 1.62. The molecule has 0 atom stereocenters. The molecular weight excluding hydrogens is 336 g/mol. The number of benzene rings is 1. The summed E-state index contributed by atoms with van der Waals surface area (Å²) in [5.74, 6) is 1.11. The monoisotopic (exact) mass is 350 g/mol. The Morgan fingerprint density at radius 1 is 1.30 bits per heavy atom. The van der Waals surface area contributed by atoms with E-state index in [2.05, 4.69) is 10.4 Å². The van der Waals surface area contributed by atoms with Crippen LogP contribution in [0.4, 0.5) is 10.6 Å². The molecule has 8 heteroatoms. The average Bonchev–Trinajstić information content (AvgIpc) is 3.12. The summed E-state index contributed by atoms with van der Waals surface area (Å²) in [6.07, 6.45) is 1.63. The maximum absolute atomic E-state index is 12.1. The molecule has 1 aliphatic rings. The van der Waals surface area contributed by atoms with E-state index < -0.39 is 0 Å². The Morgan fingerprint density at radius 3 is 2.78 bits per heavy atom. The lowest BCUT2D eigenvalue weighted by Crippen LogP contribution is -2.33. The zero-order valence-electron chi connectivity index (χ0n) is 12.2. The van der Waals surface area contributed by atoms with Gasteiger partial charge in [0.2, 0.25) is 5.91 Å². The lowest BCUT2D eigenvalue weighted by atomic mass is 10.2. The molecule has 3 rings (SSSR count).